The predicted molar refractivity (Wildman–Crippen MR) is 40.4 cm³/mol. The molecule has 5 heteroatoms. The van der Waals surface area contributed by atoms with Crippen molar-refractivity contribution in [3.63, 3.8) is 0 Å². The van der Waals surface area contributed by atoms with Crippen LogP contribution in [0.3, 0.4) is 0 Å². The average Bonchev–Trinajstić information content (AvgIpc) is 2.04. The van der Waals surface area contributed by atoms with Crippen molar-refractivity contribution >= 4 is 5.84 Å². The van der Waals surface area contributed by atoms with Crippen LogP contribution in [0, 0.1) is 0 Å². The Hall–Kier alpha value is -0.810. The molecule has 0 aromatic heterocycles. The second-order valence-corrected chi connectivity index (χ2v) is 2.75. The zero-order valence-corrected chi connectivity index (χ0v) is 6.29. The van der Waals surface area contributed by atoms with Gasteiger partial charge in [-0.2, -0.15) is 0 Å². The summed E-state index contributed by atoms with van der Waals surface area (Å²) in [4.78, 5) is 0. The Morgan fingerprint density at radius 1 is 1.45 bits per heavy atom. The van der Waals surface area contributed by atoms with Gasteiger partial charge in [0.05, 0.1) is 5.54 Å². The highest BCUT2D eigenvalue weighted by Crippen LogP contribution is 2.17. The average molecular weight is 159 g/mol. The molecule has 64 valence electrons. The largest absolute Gasteiger partial charge is 0.409 e. The zero-order valence-electron chi connectivity index (χ0n) is 6.29. The van der Waals surface area contributed by atoms with Gasteiger partial charge >= 0.3 is 0 Å². The molecule has 1 aliphatic heterocycles. The molecule has 0 atom stereocenters. The van der Waals surface area contributed by atoms with Crippen LogP contribution in [0.4, 0.5) is 0 Å². The highest BCUT2D eigenvalue weighted by atomic mass is 16.5. The van der Waals surface area contributed by atoms with Gasteiger partial charge in [0.15, 0.2) is 5.84 Å². The molecule has 0 saturated carbocycles. The Morgan fingerprint density at radius 3 is 2.45 bits per heavy atom. The molecule has 0 unspecified atom stereocenters. The third kappa shape index (κ3) is 1.61. The lowest BCUT2D eigenvalue weighted by atomic mass is 9.90. The summed E-state index contributed by atoms with van der Waals surface area (Å²) in [7, 11) is 0. The molecule has 5 nitrogen and oxygen atoms in total. The van der Waals surface area contributed by atoms with Crippen LogP contribution in [0.2, 0.25) is 0 Å². The number of rotatable bonds is 1. The summed E-state index contributed by atoms with van der Waals surface area (Å²) in [6.07, 6.45) is 1.23. The fourth-order valence-corrected chi connectivity index (χ4v) is 1.09. The first kappa shape index (κ1) is 8.29. The van der Waals surface area contributed by atoms with E-state index in [1.54, 1.807) is 0 Å². The monoisotopic (exact) mass is 159 g/mol. The van der Waals surface area contributed by atoms with Crippen molar-refractivity contribution in [2.24, 2.45) is 16.6 Å². The third-order valence-corrected chi connectivity index (χ3v) is 2.00. The van der Waals surface area contributed by atoms with Crippen LogP contribution >= 0.6 is 0 Å². The second-order valence-electron chi connectivity index (χ2n) is 2.75. The lowest BCUT2D eigenvalue weighted by Crippen LogP contribution is -2.55. The summed E-state index contributed by atoms with van der Waals surface area (Å²) < 4.78 is 5.09. The predicted octanol–water partition coefficient (Wildman–Crippen LogP) is -0.759. The van der Waals surface area contributed by atoms with E-state index in [-0.39, 0.29) is 5.84 Å². The highest BCUT2D eigenvalue weighted by molar-refractivity contribution is 5.89. The van der Waals surface area contributed by atoms with E-state index in [4.69, 9.17) is 21.4 Å². The van der Waals surface area contributed by atoms with Gasteiger partial charge in [0.25, 0.3) is 0 Å². The standard InChI is InChI=1S/C6H13N3O2/c7-5(9-10)6(8)1-3-11-4-2-6/h10H,1-4,8H2,(H2,7,9). The van der Waals surface area contributed by atoms with E-state index in [0.717, 1.165) is 0 Å². The van der Waals surface area contributed by atoms with E-state index in [1.165, 1.54) is 0 Å². The van der Waals surface area contributed by atoms with Gasteiger partial charge < -0.3 is 21.4 Å². The normalized spacial score (nSPS) is 25.0. The van der Waals surface area contributed by atoms with E-state index in [9.17, 15) is 0 Å². The van der Waals surface area contributed by atoms with Crippen LogP contribution in [0.1, 0.15) is 12.8 Å². The summed E-state index contributed by atoms with van der Waals surface area (Å²) in [5, 5.41) is 11.3. The van der Waals surface area contributed by atoms with Crippen molar-refractivity contribution < 1.29 is 9.94 Å². The highest BCUT2D eigenvalue weighted by Gasteiger charge is 2.32. The van der Waals surface area contributed by atoms with Crippen molar-refractivity contribution in [3.05, 3.63) is 0 Å². The lowest BCUT2D eigenvalue weighted by molar-refractivity contribution is 0.0718. The smallest absolute Gasteiger partial charge is 0.159 e. The van der Waals surface area contributed by atoms with Crippen LogP contribution < -0.4 is 11.5 Å². The molecular weight excluding hydrogens is 146 g/mol. The summed E-state index contributed by atoms with van der Waals surface area (Å²) in [6, 6.07) is 0. The topological polar surface area (TPSA) is 93.9 Å². The Morgan fingerprint density at radius 2 is 2.00 bits per heavy atom. The molecule has 1 saturated heterocycles. The maximum Gasteiger partial charge on any atom is 0.159 e. The van der Waals surface area contributed by atoms with Crippen LogP contribution in [0.25, 0.3) is 0 Å². The number of amidine groups is 1. The molecule has 1 aliphatic rings. The molecule has 5 N–H and O–H groups in total. The van der Waals surface area contributed by atoms with Gasteiger partial charge in [-0.3, -0.25) is 0 Å². The van der Waals surface area contributed by atoms with Crippen molar-refractivity contribution in [1.82, 2.24) is 0 Å². The van der Waals surface area contributed by atoms with Gasteiger partial charge in [0.1, 0.15) is 0 Å². The van der Waals surface area contributed by atoms with Crippen LogP contribution in [0.5, 0.6) is 0 Å². The Bertz CT molecular complexity index is 163. The molecule has 1 heterocycles. The number of hydrogen-bond acceptors (Lipinski definition) is 4. The van der Waals surface area contributed by atoms with Crippen molar-refractivity contribution in [2.45, 2.75) is 18.4 Å². The Kier molecular flexibility index (Phi) is 2.31. The molecule has 0 amide bonds. The second kappa shape index (κ2) is 3.06. The summed E-state index contributed by atoms with van der Waals surface area (Å²) in [5.41, 5.74) is 10.6. The Labute approximate surface area is 65.0 Å². The Balaban J connectivity index is 2.64. The van der Waals surface area contributed by atoms with Crippen LogP contribution in [0.15, 0.2) is 5.16 Å². The first-order valence-electron chi connectivity index (χ1n) is 3.54. The number of ether oxygens (including phenoxy) is 1. The van der Waals surface area contributed by atoms with Crippen molar-refractivity contribution in [3.8, 4) is 0 Å². The minimum absolute atomic E-state index is 0.0980. The fourth-order valence-electron chi connectivity index (χ4n) is 1.09. The summed E-state index contributed by atoms with van der Waals surface area (Å²) in [6.45, 7) is 1.15. The molecule has 1 fully saturated rings. The first-order valence-corrected chi connectivity index (χ1v) is 3.54. The van der Waals surface area contributed by atoms with Gasteiger partial charge in [-0.1, -0.05) is 5.16 Å². The maximum absolute atomic E-state index is 8.39. The number of hydrogen-bond donors (Lipinski definition) is 3. The van der Waals surface area contributed by atoms with E-state index in [0.29, 0.717) is 26.1 Å². The molecule has 11 heavy (non-hydrogen) atoms. The minimum atomic E-state index is -0.660. The van der Waals surface area contributed by atoms with E-state index in [2.05, 4.69) is 5.16 Å². The molecule has 0 spiro atoms. The van der Waals surface area contributed by atoms with Gasteiger partial charge in [-0.15, -0.1) is 0 Å². The van der Waals surface area contributed by atoms with E-state index in [1.807, 2.05) is 0 Å². The SMILES string of the molecule is N/C(=N\O)C1(N)CCOCC1. The van der Waals surface area contributed by atoms with Crippen LogP contribution in [-0.4, -0.2) is 29.8 Å². The quantitative estimate of drug-likeness (QED) is 0.203. The fraction of sp³-hybridized carbons (Fsp3) is 0.833. The van der Waals surface area contributed by atoms with Crippen molar-refractivity contribution in [1.29, 1.82) is 0 Å². The van der Waals surface area contributed by atoms with E-state index >= 15 is 0 Å². The molecule has 0 aliphatic carbocycles. The maximum atomic E-state index is 8.39. The number of nitrogens with zero attached hydrogens (tertiary/aromatic N) is 1. The molecule has 1 rings (SSSR count). The minimum Gasteiger partial charge on any atom is -0.409 e. The molecule has 0 aromatic rings. The van der Waals surface area contributed by atoms with Gasteiger partial charge in [-0.05, 0) is 12.8 Å². The molecular formula is C6H13N3O2. The van der Waals surface area contributed by atoms with E-state index < -0.39 is 5.54 Å². The lowest BCUT2D eigenvalue weighted by Gasteiger charge is -2.31. The number of nitrogens with two attached hydrogens (primary N) is 2. The number of oxime groups is 1. The first-order chi connectivity index (χ1) is 5.19. The third-order valence-electron chi connectivity index (χ3n) is 2.00. The van der Waals surface area contributed by atoms with Gasteiger partial charge in [0, 0.05) is 13.2 Å². The van der Waals surface area contributed by atoms with Crippen molar-refractivity contribution in [2.75, 3.05) is 13.2 Å². The summed E-state index contributed by atoms with van der Waals surface area (Å²) in [5.74, 6) is 0.0980. The van der Waals surface area contributed by atoms with Gasteiger partial charge in [0.2, 0.25) is 0 Å². The molecule has 0 radical (unpaired) electrons. The molecule has 0 bridgehead atoms. The molecule has 0 aromatic carbocycles. The van der Waals surface area contributed by atoms with Gasteiger partial charge in [-0.25, -0.2) is 0 Å². The zero-order chi connectivity index (χ0) is 8.32. The summed E-state index contributed by atoms with van der Waals surface area (Å²) >= 11 is 0. The van der Waals surface area contributed by atoms with Crippen LogP contribution in [-0.2, 0) is 4.74 Å².